The molecule has 0 saturated heterocycles. The molecule has 0 spiro atoms. The minimum atomic E-state index is -0.570. The molecule has 0 aliphatic heterocycles. The van der Waals surface area contributed by atoms with Gasteiger partial charge in [-0.25, -0.2) is 9.37 Å². The maximum absolute atomic E-state index is 13.2. The van der Waals surface area contributed by atoms with Gasteiger partial charge in [-0.05, 0) is 36.4 Å². The Morgan fingerprint density at radius 1 is 1.11 bits per heavy atom. The fraction of sp³-hybridized carbons (Fsp3) is 0.158. The van der Waals surface area contributed by atoms with E-state index in [9.17, 15) is 18.8 Å². The van der Waals surface area contributed by atoms with Crippen molar-refractivity contribution in [3.63, 3.8) is 0 Å². The number of amides is 2. The summed E-state index contributed by atoms with van der Waals surface area (Å²) in [5.74, 6) is -1.46. The van der Waals surface area contributed by atoms with E-state index in [1.165, 1.54) is 40.1 Å². The molecule has 0 aliphatic rings. The van der Waals surface area contributed by atoms with Crippen molar-refractivity contribution in [3.8, 4) is 0 Å². The first-order chi connectivity index (χ1) is 13.0. The largest absolute Gasteiger partial charge is 0.370 e. The molecular formula is C19H17FN4O3. The van der Waals surface area contributed by atoms with Crippen molar-refractivity contribution in [1.82, 2.24) is 9.55 Å². The Kier molecular flexibility index (Phi) is 5.25. The zero-order valence-corrected chi connectivity index (χ0v) is 14.3. The number of halogens is 1. The lowest BCUT2D eigenvalue weighted by atomic mass is 10.2. The second-order valence-corrected chi connectivity index (χ2v) is 5.93. The van der Waals surface area contributed by atoms with Crippen molar-refractivity contribution in [1.29, 1.82) is 0 Å². The van der Waals surface area contributed by atoms with Crippen molar-refractivity contribution >= 4 is 28.4 Å². The number of primary amides is 1. The van der Waals surface area contributed by atoms with E-state index in [0.29, 0.717) is 16.6 Å². The van der Waals surface area contributed by atoms with Gasteiger partial charge in [0.1, 0.15) is 12.4 Å². The highest BCUT2D eigenvalue weighted by atomic mass is 19.1. The van der Waals surface area contributed by atoms with E-state index < -0.39 is 17.6 Å². The number of anilines is 1. The fourth-order valence-electron chi connectivity index (χ4n) is 2.69. The standard InChI is InChI=1S/C19H17FN4O3/c20-13-5-7-14(8-6-13)24(10-9-17(21)25)18(26)11-23-12-22-16-4-2-1-3-15(16)19(23)27/h1-8,12H,9-11H2,(H2,21,25). The minimum Gasteiger partial charge on any atom is -0.370 e. The van der Waals surface area contributed by atoms with Gasteiger partial charge in [0.2, 0.25) is 11.8 Å². The third-order valence-electron chi connectivity index (χ3n) is 4.06. The Labute approximate surface area is 153 Å². The number of fused-ring (bicyclic) bond motifs is 1. The van der Waals surface area contributed by atoms with E-state index in [2.05, 4.69) is 4.98 Å². The number of hydrogen-bond acceptors (Lipinski definition) is 4. The normalized spacial score (nSPS) is 10.7. The maximum Gasteiger partial charge on any atom is 0.261 e. The van der Waals surface area contributed by atoms with Crippen molar-refractivity contribution in [3.05, 3.63) is 71.0 Å². The van der Waals surface area contributed by atoms with Crippen molar-refractivity contribution in [2.24, 2.45) is 5.73 Å². The Bertz CT molecular complexity index is 1050. The van der Waals surface area contributed by atoms with Gasteiger partial charge in [0.15, 0.2) is 0 Å². The van der Waals surface area contributed by atoms with E-state index in [1.807, 2.05) is 0 Å². The lowest BCUT2D eigenvalue weighted by Crippen LogP contribution is -2.38. The Morgan fingerprint density at radius 3 is 2.52 bits per heavy atom. The maximum atomic E-state index is 13.2. The van der Waals surface area contributed by atoms with Gasteiger partial charge in [0.25, 0.3) is 5.56 Å². The molecular weight excluding hydrogens is 351 g/mol. The highest BCUT2D eigenvalue weighted by molar-refractivity contribution is 5.94. The molecule has 0 atom stereocenters. The molecule has 0 fully saturated rings. The average Bonchev–Trinajstić information content (AvgIpc) is 2.65. The first-order valence-electron chi connectivity index (χ1n) is 8.24. The zero-order chi connectivity index (χ0) is 19.4. The van der Waals surface area contributed by atoms with Crippen molar-refractivity contribution in [2.75, 3.05) is 11.4 Å². The van der Waals surface area contributed by atoms with E-state index in [-0.39, 0.29) is 25.1 Å². The van der Waals surface area contributed by atoms with Gasteiger partial charge in [0, 0.05) is 18.7 Å². The molecule has 2 N–H and O–H groups in total. The summed E-state index contributed by atoms with van der Waals surface area (Å²) in [6.07, 6.45) is 1.24. The molecule has 0 radical (unpaired) electrons. The quantitative estimate of drug-likeness (QED) is 0.712. The van der Waals surface area contributed by atoms with Gasteiger partial charge >= 0.3 is 0 Å². The molecule has 1 aromatic heterocycles. The van der Waals surface area contributed by atoms with Crippen LogP contribution in [0.4, 0.5) is 10.1 Å². The lowest BCUT2D eigenvalue weighted by molar-refractivity contribution is -0.119. The van der Waals surface area contributed by atoms with Crippen LogP contribution in [0.2, 0.25) is 0 Å². The third-order valence-corrected chi connectivity index (χ3v) is 4.06. The first kappa shape index (κ1) is 18.2. The van der Waals surface area contributed by atoms with Gasteiger partial charge in [-0.2, -0.15) is 0 Å². The number of aromatic nitrogens is 2. The van der Waals surface area contributed by atoms with Crippen molar-refractivity contribution < 1.29 is 14.0 Å². The highest BCUT2D eigenvalue weighted by Gasteiger charge is 2.18. The van der Waals surface area contributed by atoms with Crippen LogP contribution in [-0.4, -0.2) is 27.9 Å². The second-order valence-electron chi connectivity index (χ2n) is 5.93. The third kappa shape index (κ3) is 4.17. The number of rotatable bonds is 6. The number of nitrogens with zero attached hydrogens (tertiary/aromatic N) is 3. The molecule has 138 valence electrons. The molecule has 8 heteroatoms. The van der Waals surface area contributed by atoms with Crippen LogP contribution in [0.1, 0.15) is 6.42 Å². The summed E-state index contributed by atoms with van der Waals surface area (Å²) in [6, 6.07) is 12.1. The van der Waals surface area contributed by atoms with Gasteiger partial charge in [-0.3, -0.25) is 19.0 Å². The monoisotopic (exact) mass is 368 g/mol. The average molecular weight is 368 g/mol. The zero-order valence-electron chi connectivity index (χ0n) is 14.3. The Hall–Kier alpha value is -3.55. The number of nitrogens with two attached hydrogens (primary N) is 1. The van der Waals surface area contributed by atoms with Crippen LogP contribution in [0, 0.1) is 5.82 Å². The number of carbonyl (C=O) groups is 2. The summed E-state index contributed by atoms with van der Waals surface area (Å²) >= 11 is 0. The molecule has 0 unspecified atom stereocenters. The molecule has 0 aliphatic carbocycles. The predicted molar refractivity (Wildman–Crippen MR) is 98.6 cm³/mol. The highest BCUT2D eigenvalue weighted by Crippen LogP contribution is 2.16. The van der Waals surface area contributed by atoms with Gasteiger partial charge < -0.3 is 10.6 Å². The van der Waals surface area contributed by atoms with Crippen molar-refractivity contribution in [2.45, 2.75) is 13.0 Å². The molecule has 27 heavy (non-hydrogen) atoms. The number of carbonyl (C=O) groups excluding carboxylic acids is 2. The van der Waals surface area contributed by atoms with E-state index >= 15 is 0 Å². The number of hydrogen-bond donors (Lipinski definition) is 1. The van der Waals surface area contributed by atoms with Gasteiger partial charge in [0.05, 0.1) is 17.2 Å². The Balaban J connectivity index is 1.90. The first-order valence-corrected chi connectivity index (χ1v) is 8.24. The molecule has 2 aromatic carbocycles. The summed E-state index contributed by atoms with van der Waals surface area (Å²) in [6.45, 7) is -0.248. The smallest absolute Gasteiger partial charge is 0.261 e. The van der Waals surface area contributed by atoms with Crippen LogP contribution in [-0.2, 0) is 16.1 Å². The summed E-state index contributed by atoms with van der Waals surface area (Å²) in [5, 5.41) is 0.401. The van der Waals surface area contributed by atoms with Crippen LogP contribution in [0.3, 0.4) is 0 Å². The molecule has 1 heterocycles. The number of para-hydroxylation sites is 1. The molecule has 0 bridgehead atoms. The fourth-order valence-corrected chi connectivity index (χ4v) is 2.69. The summed E-state index contributed by atoms with van der Waals surface area (Å²) in [4.78, 5) is 42.0. The second kappa shape index (κ2) is 7.77. The van der Waals surface area contributed by atoms with Gasteiger partial charge in [-0.15, -0.1) is 0 Å². The van der Waals surface area contributed by atoms with Crippen LogP contribution < -0.4 is 16.2 Å². The SMILES string of the molecule is NC(=O)CCN(C(=O)Cn1cnc2ccccc2c1=O)c1ccc(F)cc1. The molecule has 2 amide bonds. The lowest BCUT2D eigenvalue weighted by Gasteiger charge is -2.23. The number of benzene rings is 2. The van der Waals surface area contributed by atoms with E-state index in [4.69, 9.17) is 5.73 Å². The van der Waals surface area contributed by atoms with Crippen LogP contribution in [0.25, 0.3) is 10.9 Å². The Morgan fingerprint density at radius 2 is 1.81 bits per heavy atom. The molecule has 0 saturated carbocycles. The molecule has 3 aromatic rings. The summed E-state index contributed by atoms with van der Waals surface area (Å²) < 4.78 is 14.4. The summed E-state index contributed by atoms with van der Waals surface area (Å²) in [7, 11) is 0. The van der Waals surface area contributed by atoms with E-state index in [0.717, 1.165) is 0 Å². The van der Waals surface area contributed by atoms with Gasteiger partial charge in [-0.1, -0.05) is 12.1 Å². The molecule has 3 rings (SSSR count). The van der Waals surface area contributed by atoms with E-state index in [1.54, 1.807) is 24.3 Å². The van der Waals surface area contributed by atoms with Crippen LogP contribution in [0.15, 0.2) is 59.7 Å². The molecule has 7 nitrogen and oxygen atoms in total. The topological polar surface area (TPSA) is 98.3 Å². The predicted octanol–water partition coefficient (Wildman–Crippen LogP) is 1.44. The van der Waals surface area contributed by atoms with Crippen LogP contribution >= 0.6 is 0 Å². The van der Waals surface area contributed by atoms with Crippen LogP contribution in [0.5, 0.6) is 0 Å². The summed E-state index contributed by atoms with van der Waals surface area (Å²) in [5.41, 5.74) is 5.78. The minimum absolute atomic E-state index is 0.0234.